The molecule has 0 aliphatic heterocycles. The van der Waals surface area contributed by atoms with Crippen LogP contribution in [0.3, 0.4) is 0 Å². The molecule has 0 aliphatic rings. The zero-order valence-electron chi connectivity index (χ0n) is 11.9. The standard InChI is InChI=1S/C16H13BrClN3O/c1-2-21-15-13(7-6-12(9-17)19-15)14(20-16(21)22)10-4-3-5-11(18)8-10/h3-8H,2,9H2,1H3. The van der Waals surface area contributed by atoms with Gasteiger partial charge in [-0.15, -0.1) is 0 Å². The van der Waals surface area contributed by atoms with Crippen LogP contribution < -0.4 is 5.69 Å². The van der Waals surface area contributed by atoms with E-state index >= 15 is 0 Å². The van der Waals surface area contributed by atoms with Crippen LogP contribution in [0.2, 0.25) is 5.02 Å². The lowest BCUT2D eigenvalue weighted by atomic mass is 10.1. The van der Waals surface area contributed by atoms with E-state index in [0.29, 0.717) is 28.2 Å². The summed E-state index contributed by atoms with van der Waals surface area (Å²) < 4.78 is 1.58. The van der Waals surface area contributed by atoms with Crippen LogP contribution in [0.5, 0.6) is 0 Å². The van der Waals surface area contributed by atoms with E-state index in [4.69, 9.17) is 11.6 Å². The van der Waals surface area contributed by atoms with Crippen LogP contribution in [0.15, 0.2) is 41.2 Å². The Balaban J connectivity index is 2.39. The third-order valence-electron chi connectivity index (χ3n) is 3.43. The lowest BCUT2D eigenvalue weighted by Gasteiger charge is -2.11. The highest BCUT2D eigenvalue weighted by molar-refractivity contribution is 9.08. The number of pyridine rings is 1. The molecule has 0 fully saturated rings. The van der Waals surface area contributed by atoms with Gasteiger partial charge < -0.3 is 0 Å². The molecule has 0 spiro atoms. The number of hydrogen-bond donors (Lipinski definition) is 0. The van der Waals surface area contributed by atoms with Crippen LogP contribution in [0.1, 0.15) is 12.6 Å². The minimum absolute atomic E-state index is 0.302. The zero-order valence-corrected chi connectivity index (χ0v) is 14.2. The van der Waals surface area contributed by atoms with Crippen LogP contribution >= 0.6 is 27.5 Å². The summed E-state index contributed by atoms with van der Waals surface area (Å²) in [6.45, 7) is 2.43. The van der Waals surface area contributed by atoms with Gasteiger partial charge in [-0.05, 0) is 31.2 Å². The predicted octanol–water partition coefficient (Wildman–Crippen LogP) is 4.03. The molecular formula is C16H13BrClN3O. The van der Waals surface area contributed by atoms with Crippen molar-refractivity contribution in [3.63, 3.8) is 0 Å². The molecule has 6 heteroatoms. The number of fused-ring (bicyclic) bond motifs is 1. The van der Waals surface area contributed by atoms with Crippen molar-refractivity contribution in [3.05, 3.63) is 57.6 Å². The topological polar surface area (TPSA) is 47.8 Å². The van der Waals surface area contributed by atoms with Crippen LogP contribution in [0, 0.1) is 0 Å². The second kappa shape index (κ2) is 6.18. The molecule has 0 saturated carbocycles. The summed E-state index contributed by atoms with van der Waals surface area (Å²) in [4.78, 5) is 21.1. The molecule has 0 bridgehead atoms. The zero-order chi connectivity index (χ0) is 15.7. The van der Waals surface area contributed by atoms with Gasteiger partial charge in [0.25, 0.3) is 0 Å². The van der Waals surface area contributed by atoms with Crippen molar-refractivity contribution < 1.29 is 0 Å². The van der Waals surface area contributed by atoms with Crippen molar-refractivity contribution in [3.8, 4) is 11.3 Å². The van der Waals surface area contributed by atoms with Crippen molar-refractivity contribution in [2.75, 3.05) is 0 Å². The molecular weight excluding hydrogens is 366 g/mol. The number of benzene rings is 1. The summed E-state index contributed by atoms with van der Waals surface area (Å²) in [7, 11) is 0. The van der Waals surface area contributed by atoms with E-state index < -0.39 is 0 Å². The van der Waals surface area contributed by atoms with Crippen molar-refractivity contribution in [1.29, 1.82) is 0 Å². The van der Waals surface area contributed by atoms with Crippen molar-refractivity contribution in [2.24, 2.45) is 0 Å². The Bertz CT molecular complexity index is 908. The summed E-state index contributed by atoms with van der Waals surface area (Å²) in [5, 5.41) is 2.08. The molecule has 0 N–H and O–H groups in total. The Kier molecular flexibility index (Phi) is 4.27. The largest absolute Gasteiger partial charge is 0.349 e. The summed E-state index contributed by atoms with van der Waals surface area (Å²) in [6, 6.07) is 11.2. The van der Waals surface area contributed by atoms with Gasteiger partial charge in [-0.2, -0.15) is 4.98 Å². The van der Waals surface area contributed by atoms with Crippen LogP contribution in [0.25, 0.3) is 22.3 Å². The number of aryl methyl sites for hydroxylation is 1. The SMILES string of the molecule is CCn1c(=O)nc(-c2cccc(Cl)c2)c2ccc(CBr)nc21. The average Bonchev–Trinajstić information content (AvgIpc) is 2.53. The number of alkyl halides is 1. The average molecular weight is 379 g/mol. The summed E-state index contributed by atoms with van der Waals surface area (Å²) in [5.74, 6) is 0. The number of rotatable bonds is 3. The van der Waals surface area contributed by atoms with Crippen LogP contribution in [-0.4, -0.2) is 14.5 Å². The molecule has 3 rings (SSSR count). The molecule has 0 radical (unpaired) electrons. The first-order valence-corrected chi connectivity index (χ1v) is 8.36. The van der Waals surface area contributed by atoms with Crippen molar-refractivity contribution >= 4 is 38.6 Å². The first-order valence-electron chi connectivity index (χ1n) is 6.86. The first kappa shape index (κ1) is 15.2. The van der Waals surface area contributed by atoms with E-state index in [1.807, 2.05) is 31.2 Å². The fourth-order valence-corrected chi connectivity index (χ4v) is 2.90. The van der Waals surface area contributed by atoms with E-state index in [-0.39, 0.29) is 5.69 Å². The molecule has 112 valence electrons. The van der Waals surface area contributed by atoms with Gasteiger partial charge in [-0.3, -0.25) is 4.57 Å². The van der Waals surface area contributed by atoms with Gasteiger partial charge in [0.2, 0.25) is 0 Å². The van der Waals surface area contributed by atoms with Crippen LogP contribution in [0.4, 0.5) is 0 Å². The molecule has 2 heterocycles. The monoisotopic (exact) mass is 377 g/mol. The highest BCUT2D eigenvalue weighted by Gasteiger charge is 2.13. The van der Waals surface area contributed by atoms with E-state index in [1.54, 1.807) is 16.7 Å². The van der Waals surface area contributed by atoms with Gasteiger partial charge >= 0.3 is 5.69 Å². The maximum Gasteiger partial charge on any atom is 0.349 e. The first-order chi connectivity index (χ1) is 10.6. The quantitative estimate of drug-likeness (QED) is 0.647. The summed E-state index contributed by atoms with van der Waals surface area (Å²) >= 11 is 9.46. The van der Waals surface area contributed by atoms with E-state index in [9.17, 15) is 4.79 Å². The minimum atomic E-state index is -0.302. The highest BCUT2D eigenvalue weighted by Crippen LogP contribution is 2.27. The molecule has 22 heavy (non-hydrogen) atoms. The molecule has 0 saturated heterocycles. The Morgan fingerprint density at radius 2 is 2.05 bits per heavy atom. The third-order valence-corrected chi connectivity index (χ3v) is 4.24. The molecule has 0 unspecified atom stereocenters. The van der Waals surface area contributed by atoms with E-state index in [2.05, 4.69) is 25.9 Å². The molecule has 4 nitrogen and oxygen atoms in total. The maximum atomic E-state index is 12.3. The molecule has 3 aromatic rings. The van der Waals surface area contributed by atoms with Crippen LogP contribution in [-0.2, 0) is 11.9 Å². The van der Waals surface area contributed by atoms with Crippen molar-refractivity contribution in [1.82, 2.24) is 14.5 Å². The second-order valence-electron chi connectivity index (χ2n) is 4.80. The van der Waals surface area contributed by atoms with E-state index in [1.165, 1.54) is 0 Å². The van der Waals surface area contributed by atoms with Gasteiger partial charge in [-0.25, -0.2) is 9.78 Å². The third kappa shape index (κ3) is 2.66. The lowest BCUT2D eigenvalue weighted by molar-refractivity contribution is 0.722. The van der Waals surface area contributed by atoms with E-state index in [0.717, 1.165) is 16.6 Å². The number of nitrogens with zero attached hydrogens (tertiary/aromatic N) is 3. The smallest absolute Gasteiger partial charge is 0.276 e. The normalized spacial score (nSPS) is 11.0. The Morgan fingerprint density at radius 3 is 2.73 bits per heavy atom. The molecule has 1 aromatic carbocycles. The number of aromatic nitrogens is 3. The highest BCUT2D eigenvalue weighted by atomic mass is 79.9. The van der Waals surface area contributed by atoms with Gasteiger partial charge in [-0.1, -0.05) is 39.7 Å². The van der Waals surface area contributed by atoms with Gasteiger partial charge in [0.05, 0.1) is 11.4 Å². The summed E-state index contributed by atoms with van der Waals surface area (Å²) in [5.41, 5.74) is 2.64. The lowest BCUT2D eigenvalue weighted by Crippen LogP contribution is -2.24. The minimum Gasteiger partial charge on any atom is -0.276 e. The summed E-state index contributed by atoms with van der Waals surface area (Å²) in [6.07, 6.45) is 0. The number of halogens is 2. The maximum absolute atomic E-state index is 12.3. The second-order valence-corrected chi connectivity index (χ2v) is 5.80. The van der Waals surface area contributed by atoms with Gasteiger partial charge in [0, 0.05) is 27.8 Å². The molecule has 2 aromatic heterocycles. The predicted molar refractivity (Wildman–Crippen MR) is 92.5 cm³/mol. The molecule has 0 amide bonds. The molecule has 0 atom stereocenters. The van der Waals surface area contributed by atoms with Gasteiger partial charge in [0.1, 0.15) is 5.65 Å². The Hall–Kier alpha value is -1.72. The Labute approximate surface area is 140 Å². The fraction of sp³-hybridized carbons (Fsp3) is 0.188. The Morgan fingerprint density at radius 1 is 1.23 bits per heavy atom. The van der Waals surface area contributed by atoms with Gasteiger partial charge in [0.15, 0.2) is 0 Å². The molecule has 0 aliphatic carbocycles. The van der Waals surface area contributed by atoms with Crippen molar-refractivity contribution in [2.45, 2.75) is 18.8 Å². The fourth-order valence-electron chi connectivity index (χ4n) is 2.40. The number of hydrogen-bond acceptors (Lipinski definition) is 3.